The Bertz CT molecular complexity index is 950. The van der Waals surface area contributed by atoms with Crippen molar-refractivity contribution in [2.24, 2.45) is 0 Å². The monoisotopic (exact) mass is 367 g/mol. The molecule has 6 heteroatoms. The highest BCUT2D eigenvalue weighted by atomic mass is 32.2. The van der Waals surface area contributed by atoms with E-state index in [4.69, 9.17) is 0 Å². The number of amides is 1. The van der Waals surface area contributed by atoms with Crippen LogP contribution in [-0.2, 0) is 4.79 Å². The lowest BCUT2D eigenvalue weighted by Gasteiger charge is -2.12. The fourth-order valence-corrected chi connectivity index (χ4v) is 3.39. The largest absolute Gasteiger partial charge is 0.506 e. The lowest BCUT2D eigenvalue weighted by atomic mass is 10.1. The van der Waals surface area contributed by atoms with Gasteiger partial charge in [0.1, 0.15) is 5.75 Å². The van der Waals surface area contributed by atoms with Gasteiger partial charge in [0.15, 0.2) is 5.16 Å². The van der Waals surface area contributed by atoms with Gasteiger partial charge in [0, 0.05) is 12.4 Å². The SMILES string of the molecule is Cc1ccc(NC(=O)CSc2nccn2-c2cc(C)ccc2C)c(O)c1. The zero-order valence-corrected chi connectivity index (χ0v) is 15.8. The van der Waals surface area contributed by atoms with Gasteiger partial charge in [-0.15, -0.1) is 0 Å². The van der Waals surface area contributed by atoms with Crippen LogP contribution in [0.1, 0.15) is 16.7 Å². The molecule has 0 unspecified atom stereocenters. The second-order valence-electron chi connectivity index (χ2n) is 6.23. The molecular weight excluding hydrogens is 346 g/mol. The number of phenolic OH excluding ortho intramolecular Hbond substituents is 1. The van der Waals surface area contributed by atoms with Gasteiger partial charge in [0.2, 0.25) is 5.91 Å². The second-order valence-corrected chi connectivity index (χ2v) is 7.17. The molecule has 0 fully saturated rings. The number of anilines is 1. The molecule has 26 heavy (non-hydrogen) atoms. The van der Waals surface area contributed by atoms with E-state index in [1.807, 2.05) is 30.7 Å². The van der Waals surface area contributed by atoms with E-state index >= 15 is 0 Å². The summed E-state index contributed by atoms with van der Waals surface area (Å²) in [5, 5.41) is 13.4. The van der Waals surface area contributed by atoms with Crippen molar-refractivity contribution in [2.45, 2.75) is 25.9 Å². The number of imidazole rings is 1. The number of carbonyl (C=O) groups is 1. The molecule has 1 heterocycles. The van der Waals surface area contributed by atoms with Gasteiger partial charge in [-0.25, -0.2) is 4.98 Å². The van der Waals surface area contributed by atoms with Gasteiger partial charge in [-0.05, 0) is 55.7 Å². The Morgan fingerprint density at radius 2 is 1.88 bits per heavy atom. The Hall–Kier alpha value is -2.73. The number of benzene rings is 2. The van der Waals surface area contributed by atoms with Crippen LogP contribution in [0.2, 0.25) is 0 Å². The summed E-state index contributed by atoms with van der Waals surface area (Å²) in [7, 11) is 0. The molecule has 5 nitrogen and oxygen atoms in total. The van der Waals surface area contributed by atoms with Crippen molar-refractivity contribution in [1.29, 1.82) is 0 Å². The summed E-state index contributed by atoms with van der Waals surface area (Å²) in [5.74, 6) is 0.0831. The molecular formula is C20H21N3O2S. The number of aryl methyl sites for hydroxylation is 3. The molecule has 134 valence electrons. The van der Waals surface area contributed by atoms with Crippen LogP contribution in [0.4, 0.5) is 5.69 Å². The maximum Gasteiger partial charge on any atom is 0.234 e. The first-order chi connectivity index (χ1) is 12.4. The number of nitrogens with one attached hydrogen (secondary N) is 1. The third kappa shape index (κ3) is 4.08. The van der Waals surface area contributed by atoms with E-state index in [0.29, 0.717) is 5.69 Å². The summed E-state index contributed by atoms with van der Waals surface area (Å²) in [5.41, 5.74) is 4.72. The van der Waals surface area contributed by atoms with E-state index in [1.54, 1.807) is 18.3 Å². The standard InChI is InChI=1S/C20H21N3O2S/c1-13-4-6-15(3)17(10-13)23-9-8-21-20(23)26-12-19(25)22-16-7-5-14(2)11-18(16)24/h4-11,24H,12H2,1-3H3,(H,22,25). The summed E-state index contributed by atoms with van der Waals surface area (Å²) in [6, 6.07) is 11.4. The minimum Gasteiger partial charge on any atom is -0.506 e. The first-order valence-electron chi connectivity index (χ1n) is 8.27. The maximum absolute atomic E-state index is 12.2. The number of carbonyl (C=O) groups excluding carboxylic acids is 1. The molecule has 0 aliphatic carbocycles. The average molecular weight is 367 g/mol. The smallest absolute Gasteiger partial charge is 0.234 e. The van der Waals surface area contributed by atoms with Crippen molar-refractivity contribution in [3.8, 4) is 11.4 Å². The molecule has 0 saturated carbocycles. The lowest BCUT2D eigenvalue weighted by molar-refractivity contribution is -0.113. The number of hydrogen-bond donors (Lipinski definition) is 2. The minimum atomic E-state index is -0.190. The molecule has 0 spiro atoms. The third-order valence-corrected chi connectivity index (χ3v) is 4.96. The van der Waals surface area contributed by atoms with E-state index in [-0.39, 0.29) is 17.4 Å². The van der Waals surface area contributed by atoms with Gasteiger partial charge < -0.3 is 10.4 Å². The van der Waals surface area contributed by atoms with E-state index < -0.39 is 0 Å². The van der Waals surface area contributed by atoms with Gasteiger partial charge in [-0.2, -0.15) is 0 Å². The lowest BCUT2D eigenvalue weighted by Crippen LogP contribution is -2.14. The average Bonchev–Trinajstić information content (AvgIpc) is 3.06. The summed E-state index contributed by atoms with van der Waals surface area (Å²) in [6.07, 6.45) is 3.63. The van der Waals surface area contributed by atoms with E-state index in [1.165, 1.54) is 17.3 Å². The van der Waals surface area contributed by atoms with Crippen LogP contribution in [0.3, 0.4) is 0 Å². The van der Waals surface area contributed by atoms with Crippen LogP contribution < -0.4 is 5.32 Å². The Morgan fingerprint density at radius 1 is 1.15 bits per heavy atom. The molecule has 1 aromatic heterocycles. The molecule has 2 N–H and O–H groups in total. The van der Waals surface area contributed by atoms with Crippen LogP contribution in [0.15, 0.2) is 53.9 Å². The van der Waals surface area contributed by atoms with Gasteiger partial charge in [-0.1, -0.05) is 30.0 Å². The number of nitrogens with zero attached hydrogens (tertiary/aromatic N) is 2. The highest BCUT2D eigenvalue weighted by Crippen LogP contribution is 2.26. The highest BCUT2D eigenvalue weighted by molar-refractivity contribution is 7.99. The Morgan fingerprint density at radius 3 is 2.65 bits per heavy atom. The normalized spacial score (nSPS) is 10.7. The molecule has 0 aliphatic rings. The molecule has 3 rings (SSSR count). The van der Waals surface area contributed by atoms with Crippen LogP contribution in [0, 0.1) is 20.8 Å². The van der Waals surface area contributed by atoms with E-state index in [0.717, 1.165) is 22.0 Å². The predicted octanol–water partition coefficient (Wildman–Crippen LogP) is 4.23. The summed E-state index contributed by atoms with van der Waals surface area (Å²) in [6.45, 7) is 5.98. The maximum atomic E-state index is 12.2. The highest BCUT2D eigenvalue weighted by Gasteiger charge is 2.12. The van der Waals surface area contributed by atoms with E-state index in [9.17, 15) is 9.90 Å². The Balaban J connectivity index is 1.70. The third-order valence-electron chi connectivity index (χ3n) is 3.99. The Kier molecular flexibility index (Phi) is 5.32. The van der Waals surface area contributed by atoms with Crippen molar-refractivity contribution < 1.29 is 9.90 Å². The number of rotatable bonds is 5. The van der Waals surface area contributed by atoms with Gasteiger partial charge in [0.25, 0.3) is 0 Å². The fourth-order valence-electron chi connectivity index (χ4n) is 2.62. The summed E-state index contributed by atoms with van der Waals surface area (Å²) < 4.78 is 1.99. The number of aromatic nitrogens is 2. The summed E-state index contributed by atoms with van der Waals surface area (Å²) in [4.78, 5) is 16.6. The van der Waals surface area contributed by atoms with Gasteiger partial charge in [-0.3, -0.25) is 9.36 Å². The first kappa shape index (κ1) is 18.1. The van der Waals surface area contributed by atoms with Crippen LogP contribution >= 0.6 is 11.8 Å². The zero-order valence-electron chi connectivity index (χ0n) is 15.0. The number of thioether (sulfide) groups is 1. The topological polar surface area (TPSA) is 67.2 Å². The van der Waals surface area contributed by atoms with Gasteiger partial charge in [0.05, 0.1) is 17.1 Å². The molecule has 0 bridgehead atoms. The van der Waals surface area contributed by atoms with Crippen molar-refractivity contribution in [3.63, 3.8) is 0 Å². The minimum absolute atomic E-state index is 0.0697. The molecule has 0 atom stereocenters. The molecule has 0 aliphatic heterocycles. The van der Waals surface area contributed by atoms with Crippen molar-refractivity contribution in [2.75, 3.05) is 11.1 Å². The quantitative estimate of drug-likeness (QED) is 0.523. The molecule has 3 aromatic rings. The number of hydrogen-bond acceptors (Lipinski definition) is 4. The van der Waals surface area contributed by atoms with Crippen molar-refractivity contribution >= 4 is 23.4 Å². The Labute approximate surface area is 157 Å². The van der Waals surface area contributed by atoms with Crippen LogP contribution in [0.5, 0.6) is 5.75 Å². The molecule has 2 aromatic carbocycles. The van der Waals surface area contributed by atoms with Crippen LogP contribution in [0.25, 0.3) is 5.69 Å². The van der Waals surface area contributed by atoms with Gasteiger partial charge >= 0.3 is 0 Å². The van der Waals surface area contributed by atoms with Crippen LogP contribution in [-0.4, -0.2) is 26.3 Å². The number of aromatic hydroxyl groups is 1. The second kappa shape index (κ2) is 7.66. The molecule has 0 saturated heterocycles. The molecule has 1 amide bonds. The molecule has 0 radical (unpaired) electrons. The first-order valence-corrected chi connectivity index (χ1v) is 9.26. The van der Waals surface area contributed by atoms with Crippen molar-refractivity contribution in [3.05, 3.63) is 65.5 Å². The zero-order chi connectivity index (χ0) is 18.7. The summed E-state index contributed by atoms with van der Waals surface area (Å²) >= 11 is 1.36. The fraction of sp³-hybridized carbons (Fsp3) is 0.200. The van der Waals surface area contributed by atoms with Crippen molar-refractivity contribution in [1.82, 2.24) is 9.55 Å². The van der Waals surface area contributed by atoms with E-state index in [2.05, 4.69) is 35.4 Å². The number of phenols is 1. The predicted molar refractivity (Wildman–Crippen MR) is 105 cm³/mol.